The number of benzene rings is 1. The van der Waals surface area contributed by atoms with E-state index in [1.54, 1.807) is 29.8 Å². The summed E-state index contributed by atoms with van der Waals surface area (Å²) >= 11 is 7.67. The molecule has 10 heteroatoms. The number of likely N-dealkylation sites (tertiary alicyclic amines) is 1. The maximum atomic E-state index is 13.6. The molecule has 4 heterocycles. The smallest absolute Gasteiger partial charge is 0.142 e. The van der Waals surface area contributed by atoms with E-state index in [0.717, 1.165) is 60.7 Å². The van der Waals surface area contributed by atoms with E-state index in [1.807, 2.05) is 0 Å². The van der Waals surface area contributed by atoms with Crippen molar-refractivity contribution in [3.05, 3.63) is 52.8 Å². The van der Waals surface area contributed by atoms with Crippen molar-refractivity contribution in [3.8, 4) is 10.4 Å². The Hall–Kier alpha value is -2.59. The van der Waals surface area contributed by atoms with Gasteiger partial charge in [-0.15, -0.1) is 11.3 Å². The first-order valence-electron chi connectivity index (χ1n) is 11.9. The molecule has 1 saturated heterocycles. The van der Waals surface area contributed by atoms with Gasteiger partial charge < -0.3 is 10.2 Å². The Balaban J connectivity index is 1.26. The van der Waals surface area contributed by atoms with Gasteiger partial charge in [0.1, 0.15) is 22.8 Å². The fourth-order valence-electron chi connectivity index (χ4n) is 5.13. The molecule has 1 aliphatic heterocycles. The number of aromatic nitrogens is 4. The summed E-state index contributed by atoms with van der Waals surface area (Å²) in [6.07, 6.45) is 6.78. The topological polar surface area (TPSA) is 62.1 Å². The van der Waals surface area contributed by atoms with Gasteiger partial charge in [0.25, 0.3) is 0 Å². The molecule has 1 fully saturated rings. The summed E-state index contributed by atoms with van der Waals surface area (Å²) in [4.78, 5) is 16.1. The predicted molar refractivity (Wildman–Crippen MR) is 139 cm³/mol. The van der Waals surface area contributed by atoms with Crippen LogP contribution >= 0.6 is 22.9 Å². The van der Waals surface area contributed by atoms with E-state index < -0.39 is 5.82 Å². The molecule has 1 atom stereocenters. The van der Waals surface area contributed by atoms with E-state index in [1.165, 1.54) is 28.5 Å². The number of aryl methyl sites for hydroxylation is 2. The number of hydrogen-bond acceptors (Lipinski definition) is 7. The Kier molecular flexibility index (Phi) is 5.96. The molecule has 0 radical (unpaired) electrons. The first-order chi connectivity index (χ1) is 17.0. The third-order valence-electron chi connectivity index (χ3n) is 7.09. The maximum absolute atomic E-state index is 13.6. The fraction of sp³-hybridized carbons (Fsp3) is 0.400. The van der Waals surface area contributed by atoms with Crippen molar-refractivity contribution >= 4 is 44.7 Å². The van der Waals surface area contributed by atoms with Crippen molar-refractivity contribution in [3.63, 3.8) is 0 Å². The van der Waals surface area contributed by atoms with Crippen LogP contribution in [0, 0.1) is 5.82 Å². The molecule has 6 rings (SSSR count). The molecule has 1 aliphatic carbocycles. The van der Waals surface area contributed by atoms with E-state index in [-0.39, 0.29) is 5.02 Å². The van der Waals surface area contributed by atoms with Crippen molar-refractivity contribution in [1.82, 2.24) is 29.5 Å². The standard InChI is InChI=1S/C25H27ClFN7S/c1-32(2)16-7-8-33(12-16)9-10-34-13-18-21(31-34)6-4-17-22-24(28-14-29-25(22)35-23(17)18)30-15-3-5-20(27)19(26)11-15/h3,5,11,13-14,16H,4,6-10,12H2,1-2H3,(H,28,29,30). The van der Waals surface area contributed by atoms with Crippen LogP contribution < -0.4 is 5.32 Å². The van der Waals surface area contributed by atoms with E-state index in [0.29, 0.717) is 11.7 Å². The summed E-state index contributed by atoms with van der Waals surface area (Å²) in [6, 6.07) is 5.25. The first-order valence-corrected chi connectivity index (χ1v) is 13.1. The summed E-state index contributed by atoms with van der Waals surface area (Å²) in [7, 11) is 4.33. The highest BCUT2D eigenvalue weighted by atomic mass is 35.5. The van der Waals surface area contributed by atoms with Crippen molar-refractivity contribution in [1.29, 1.82) is 0 Å². The zero-order valence-electron chi connectivity index (χ0n) is 19.8. The average Bonchev–Trinajstić information content (AvgIpc) is 3.56. The summed E-state index contributed by atoms with van der Waals surface area (Å²) in [6.45, 7) is 4.19. The van der Waals surface area contributed by atoms with Crippen molar-refractivity contribution in [2.24, 2.45) is 0 Å². The second-order valence-corrected chi connectivity index (χ2v) is 10.9. The lowest BCUT2D eigenvalue weighted by molar-refractivity contribution is 0.261. The fourth-order valence-corrected chi connectivity index (χ4v) is 6.53. The Morgan fingerprint density at radius 1 is 1.23 bits per heavy atom. The Morgan fingerprint density at radius 2 is 2.11 bits per heavy atom. The highest BCUT2D eigenvalue weighted by Crippen LogP contribution is 2.45. The van der Waals surface area contributed by atoms with Crippen LogP contribution in [0.5, 0.6) is 0 Å². The normalized spacial score (nSPS) is 17.8. The molecule has 35 heavy (non-hydrogen) atoms. The zero-order chi connectivity index (χ0) is 24.1. The summed E-state index contributed by atoms with van der Waals surface area (Å²) in [5, 5.41) is 9.35. The first kappa shape index (κ1) is 22.8. The summed E-state index contributed by atoms with van der Waals surface area (Å²) < 4.78 is 15.7. The number of nitrogens with zero attached hydrogens (tertiary/aromatic N) is 6. The van der Waals surface area contributed by atoms with Crippen LogP contribution in [0.25, 0.3) is 20.7 Å². The predicted octanol–water partition coefficient (Wildman–Crippen LogP) is 4.83. The zero-order valence-corrected chi connectivity index (χ0v) is 21.3. The molecular formula is C25H27ClFN7S. The third kappa shape index (κ3) is 4.31. The van der Waals surface area contributed by atoms with Crippen LogP contribution in [-0.4, -0.2) is 69.3 Å². The molecule has 0 bridgehead atoms. The lowest BCUT2D eigenvalue weighted by Gasteiger charge is -2.20. The van der Waals surface area contributed by atoms with Gasteiger partial charge in [-0.2, -0.15) is 5.10 Å². The van der Waals surface area contributed by atoms with E-state index >= 15 is 0 Å². The van der Waals surface area contributed by atoms with Crippen LogP contribution in [0.2, 0.25) is 5.02 Å². The quantitative estimate of drug-likeness (QED) is 0.400. The minimum atomic E-state index is -0.440. The van der Waals surface area contributed by atoms with Crippen LogP contribution in [0.3, 0.4) is 0 Å². The molecule has 1 unspecified atom stereocenters. The van der Waals surface area contributed by atoms with Crippen LogP contribution in [-0.2, 0) is 19.4 Å². The summed E-state index contributed by atoms with van der Waals surface area (Å²) in [5.41, 5.74) is 4.31. The monoisotopic (exact) mass is 511 g/mol. The molecule has 7 nitrogen and oxygen atoms in total. The van der Waals surface area contributed by atoms with Gasteiger partial charge in [-0.25, -0.2) is 14.4 Å². The van der Waals surface area contributed by atoms with Crippen LogP contribution in [0.4, 0.5) is 15.9 Å². The van der Waals surface area contributed by atoms with Crippen LogP contribution in [0.1, 0.15) is 17.7 Å². The number of thiophene rings is 1. The Morgan fingerprint density at radius 3 is 2.91 bits per heavy atom. The minimum Gasteiger partial charge on any atom is -0.340 e. The highest BCUT2D eigenvalue weighted by Gasteiger charge is 2.27. The molecule has 4 aromatic rings. The molecule has 1 aromatic carbocycles. The number of nitrogens with one attached hydrogen (secondary N) is 1. The van der Waals surface area contributed by atoms with Gasteiger partial charge in [-0.1, -0.05) is 11.6 Å². The molecule has 0 saturated carbocycles. The van der Waals surface area contributed by atoms with Crippen LogP contribution in [0.15, 0.2) is 30.7 Å². The number of hydrogen-bond donors (Lipinski definition) is 1. The average molecular weight is 512 g/mol. The van der Waals surface area contributed by atoms with Gasteiger partial charge in [0.2, 0.25) is 0 Å². The van der Waals surface area contributed by atoms with E-state index in [2.05, 4.69) is 50.1 Å². The number of fused-ring (bicyclic) bond motifs is 5. The molecule has 182 valence electrons. The second kappa shape index (κ2) is 9.13. The molecule has 0 amide bonds. The van der Waals surface area contributed by atoms with E-state index in [9.17, 15) is 4.39 Å². The Labute approximate surface area is 212 Å². The molecule has 3 aromatic heterocycles. The van der Waals surface area contributed by atoms with E-state index in [4.69, 9.17) is 16.7 Å². The van der Waals surface area contributed by atoms with Crippen molar-refractivity contribution in [2.45, 2.75) is 31.8 Å². The molecular weight excluding hydrogens is 485 g/mol. The minimum absolute atomic E-state index is 0.0795. The van der Waals surface area contributed by atoms with Gasteiger partial charge in [0.05, 0.1) is 22.6 Å². The number of likely N-dealkylation sites (N-methyl/N-ethyl adjacent to an activating group) is 1. The maximum Gasteiger partial charge on any atom is 0.142 e. The van der Waals surface area contributed by atoms with Gasteiger partial charge >= 0.3 is 0 Å². The molecule has 2 aliphatic rings. The highest BCUT2D eigenvalue weighted by molar-refractivity contribution is 7.22. The largest absolute Gasteiger partial charge is 0.340 e. The number of halogens is 2. The molecule has 1 N–H and O–H groups in total. The lowest BCUT2D eigenvalue weighted by atomic mass is 9.95. The summed E-state index contributed by atoms with van der Waals surface area (Å²) in [5.74, 6) is 0.278. The lowest BCUT2D eigenvalue weighted by Crippen LogP contribution is -2.32. The Bertz CT molecular complexity index is 1400. The van der Waals surface area contributed by atoms with Gasteiger partial charge in [0.15, 0.2) is 0 Å². The number of rotatable bonds is 6. The van der Waals surface area contributed by atoms with Gasteiger partial charge in [-0.05, 0) is 63.7 Å². The van der Waals surface area contributed by atoms with Gasteiger partial charge in [0, 0.05) is 41.5 Å². The third-order valence-corrected chi connectivity index (χ3v) is 8.55. The SMILES string of the molecule is CN(C)C1CCN(CCn2cc3c(n2)CCc2c-3sc3ncnc(Nc4ccc(F)c(Cl)c4)c23)C1. The van der Waals surface area contributed by atoms with Crippen molar-refractivity contribution < 1.29 is 4.39 Å². The molecule has 0 spiro atoms. The number of anilines is 2. The second-order valence-electron chi connectivity index (χ2n) is 9.53. The van der Waals surface area contributed by atoms with Gasteiger partial charge in [-0.3, -0.25) is 9.58 Å². The van der Waals surface area contributed by atoms with Crippen molar-refractivity contribution in [2.75, 3.05) is 39.0 Å².